The quantitative estimate of drug-likeness (QED) is 0.329. The lowest BCUT2D eigenvalue weighted by Crippen LogP contribution is -2.29. The predicted molar refractivity (Wildman–Crippen MR) is 107 cm³/mol. The van der Waals surface area contributed by atoms with E-state index in [0.717, 1.165) is 23.2 Å². The molecule has 0 bridgehead atoms. The zero-order valence-electron chi connectivity index (χ0n) is 15.2. The molecule has 7 heteroatoms. The normalized spacial score (nSPS) is 22.1. The molecular formula is C21H19ClN2O4. The van der Waals surface area contributed by atoms with Crippen LogP contribution in [0.3, 0.4) is 0 Å². The van der Waals surface area contributed by atoms with Crippen molar-refractivity contribution in [1.29, 1.82) is 0 Å². The highest BCUT2D eigenvalue weighted by molar-refractivity contribution is 6.32. The number of anilines is 1. The topological polar surface area (TPSA) is 81.5 Å². The van der Waals surface area contributed by atoms with E-state index in [0.29, 0.717) is 12.2 Å². The number of rotatable bonds is 4. The van der Waals surface area contributed by atoms with Gasteiger partial charge in [-0.15, -0.1) is 0 Å². The van der Waals surface area contributed by atoms with Crippen molar-refractivity contribution in [3.63, 3.8) is 0 Å². The van der Waals surface area contributed by atoms with Crippen molar-refractivity contribution < 1.29 is 14.5 Å². The molecule has 0 saturated carbocycles. The number of allylic oxidation sites excluding steroid dienone is 2. The lowest BCUT2D eigenvalue weighted by molar-refractivity contribution is -0.384. The Morgan fingerprint density at radius 3 is 2.89 bits per heavy atom. The maximum atomic E-state index is 12.1. The van der Waals surface area contributed by atoms with Crippen molar-refractivity contribution in [2.45, 2.75) is 25.3 Å². The number of ether oxygens (including phenoxy) is 1. The molecule has 0 fully saturated rings. The molecule has 2 aromatic carbocycles. The predicted octanol–water partition coefficient (Wildman–Crippen LogP) is 5.25. The van der Waals surface area contributed by atoms with Crippen LogP contribution in [0.25, 0.3) is 0 Å². The fourth-order valence-corrected chi connectivity index (χ4v) is 4.32. The van der Waals surface area contributed by atoms with Crippen molar-refractivity contribution in [3.05, 3.63) is 80.4 Å². The maximum Gasteiger partial charge on any atom is 0.338 e. The van der Waals surface area contributed by atoms with Gasteiger partial charge in [-0.3, -0.25) is 10.1 Å². The molecule has 0 unspecified atom stereocenters. The first-order chi connectivity index (χ1) is 13.5. The molecule has 4 rings (SSSR count). The number of esters is 1. The summed E-state index contributed by atoms with van der Waals surface area (Å²) in [6, 6.07) is 10.4. The zero-order valence-corrected chi connectivity index (χ0v) is 16.0. The van der Waals surface area contributed by atoms with Gasteiger partial charge in [0.05, 0.1) is 23.1 Å². The fourth-order valence-electron chi connectivity index (χ4n) is 4.13. The smallest absolute Gasteiger partial charge is 0.338 e. The molecule has 28 heavy (non-hydrogen) atoms. The van der Waals surface area contributed by atoms with Gasteiger partial charge in [0.25, 0.3) is 5.69 Å². The Hall–Kier alpha value is -2.86. The van der Waals surface area contributed by atoms with E-state index in [-0.39, 0.29) is 34.6 Å². The molecule has 2 aliphatic rings. The van der Waals surface area contributed by atoms with E-state index in [9.17, 15) is 14.9 Å². The molecule has 0 aromatic heterocycles. The zero-order chi connectivity index (χ0) is 19.8. The van der Waals surface area contributed by atoms with Gasteiger partial charge in [0.2, 0.25) is 0 Å². The number of benzene rings is 2. The molecule has 0 radical (unpaired) electrons. The summed E-state index contributed by atoms with van der Waals surface area (Å²) < 4.78 is 5.11. The van der Waals surface area contributed by atoms with Crippen LogP contribution in [0, 0.1) is 16.0 Å². The number of nitro groups is 1. The number of fused-ring (bicyclic) bond motifs is 3. The number of hydrogen-bond donors (Lipinski definition) is 1. The Labute approximate surface area is 167 Å². The van der Waals surface area contributed by atoms with Gasteiger partial charge < -0.3 is 10.1 Å². The van der Waals surface area contributed by atoms with E-state index >= 15 is 0 Å². The summed E-state index contributed by atoms with van der Waals surface area (Å²) >= 11 is 5.98. The number of halogens is 1. The summed E-state index contributed by atoms with van der Waals surface area (Å²) in [6.45, 7) is 2.11. The van der Waals surface area contributed by atoms with E-state index in [4.69, 9.17) is 16.3 Å². The highest BCUT2D eigenvalue weighted by Gasteiger charge is 2.38. The van der Waals surface area contributed by atoms with E-state index in [1.165, 1.54) is 0 Å². The van der Waals surface area contributed by atoms with Gasteiger partial charge in [-0.05, 0) is 54.7 Å². The molecule has 1 N–H and O–H groups in total. The van der Waals surface area contributed by atoms with E-state index < -0.39 is 4.92 Å². The Morgan fingerprint density at radius 1 is 1.32 bits per heavy atom. The first-order valence-electron chi connectivity index (χ1n) is 9.17. The van der Waals surface area contributed by atoms with Gasteiger partial charge in [-0.2, -0.15) is 0 Å². The number of hydrogen-bond acceptors (Lipinski definition) is 5. The molecule has 0 saturated heterocycles. The molecule has 0 amide bonds. The van der Waals surface area contributed by atoms with Gasteiger partial charge in [0, 0.05) is 17.7 Å². The van der Waals surface area contributed by atoms with Crippen molar-refractivity contribution in [3.8, 4) is 0 Å². The molecule has 6 nitrogen and oxygen atoms in total. The lowest BCUT2D eigenvalue weighted by Gasteiger charge is -2.37. The summed E-state index contributed by atoms with van der Waals surface area (Å²) in [5.41, 5.74) is 3.23. The van der Waals surface area contributed by atoms with Gasteiger partial charge in [-0.25, -0.2) is 4.79 Å². The number of carbonyl (C=O) groups excluding carboxylic acids is 1. The molecule has 1 aliphatic carbocycles. The second-order valence-corrected chi connectivity index (χ2v) is 7.37. The third kappa shape index (κ3) is 3.14. The minimum absolute atomic E-state index is 0.0862. The Bertz CT molecular complexity index is 988. The molecule has 0 spiro atoms. The summed E-state index contributed by atoms with van der Waals surface area (Å²) in [5, 5.41) is 14.9. The second kappa shape index (κ2) is 7.28. The van der Waals surface area contributed by atoms with Crippen LogP contribution in [0.2, 0.25) is 5.02 Å². The number of nitro benzene ring substituents is 1. The highest BCUT2D eigenvalue weighted by atomic mass is 35.5. The van der Waals surface area contributed by atoms with Gasteiger partial charge >= 0.3 is 5.97 Å². The number of nitrogens with zero attached hydrogens (tertiary/aromatic N) is 1. The average Bonchev–Trinajstić information content (AvgIpc) is 3.17. The minimum atomic E-state index is -0.460. The van der Waals surface area contributed by atoms with Crippen LogP contribution in [-0.2, 0) is 4.74 Å². The summed E-state index contributed by atoms with van der Waals surface area (Å²) in [6.07, 6.45) is 5.12. The monoisotopic (exact) mass is 398 g/mol. The first-order valence-corrected chi connectivity index (χ1v) is 9.55. The highest BCUT2D eigenvalue weighted by Crippen LogP contribution is 2.50. The SMILES string of the molecule is CCOC(=O)c1ccc2c(c1)[C@@H]1C=CC[C@@H]1[C@H](c1ccc(Cl)c([N+](=O)[O-])c1)N2. The fraction of sp³-hybridized carbons (Fsp3) is 0.286. The van der Waals surface area contributed by atoms with E-state index in [1.807, 2.05) is 18.2 Å². The standard InChI is InChI=1S/C21H19ClN2O4/c1-2-28-21(25)13-7-9-18-16(10-13)14-4-3-5-15(14)20(23-18)12-6-8-17(22)19(11-12)24(26)27/h3-4,6-11,14-15,20,23H,2,5H2,1H3/t14-,15+,20+/m1/s1. The molecule has 3 atom stereocenters. The second-order valence-electron chi connectivity index (χ2n) is 6.97. The largest absolute Gasteiger partial charge is 0.462 e. The van der Waals surface area contributed by atoms with Crippen LogP contribution in [0.15, 0.2) is 48.6 Å². The Kier molecular flexibility index (Phi) is 4.81. The maximum absolute atomic E-state index is 12.1. The van der Waals surface area contributed by atoms with Crippen molar-refractivity contribution in [2.24, 2.45) is 5.92 Å². The number of carbonyl (C=O) groups is 1. The minimum Gasteiger partial charge on any atom is -0.462 e. The van der Waals surface area contributed by atoms with Crippen LogP contribution < -0.4 is 5.32 Å². The van der Waals surface area contributed by atoms with Crippen LogP contribution in [-0.4, -0.2) is 17.5 Å². The molecule has 1 aliphatic heterocycles. The van der Waals surface area contributed by atoms with Crippen LogP contribution >= 0.6 is 11.6 Å². The lowest BCUT2D eigenvalue weighted by atomic mass is 9.76. The van der Waals surface area contributed by atoms with Gasteiger partial charge in [-0.1, -0.05) is 29.8 Å². The summed E-state index contributed by atoms with van der Waals surface area (Å²) in [4.78, 5) is 22.9. The van der Waals surface area contributed by atoms with Crippen LogP contribution in [0.1, 0.15) is 46.8 Å². The molecule has 2 aromatic rings. The first kappa shape index (κ1) is 18.5. The molecule has 144 valence electrons. The summed E-state index contributed by atoms with van der Waals surface area (Å²) in [5.74, 6) is -0.00429. The third-order valence-electron chi connectivity index (χ3n) is 5.40. The van der Waals surface area contributed by atoms with Crippen molar-refractivity contribution >= 4 is 28.9 Å². The molecular weight excluding hydrogens is 380 g/mol. The van der Waals surface area contributed by atoms with E-state index in [1.54, 1.807) is 25.1 Å². The van der Waals surface area contributed by atoms with Gasteiger partial charge in [0.15, 0.2) is 0 Å². The van der Waals surface area contributed by atoms with Crippen molar-refractivity contribution in [1.82, 2.24) is 0 Å². The average molecular weight is 399 g/mol. The van der Waals surface area contributed by atoms with Crippen LogP contribution in [0.5, 0.6) is 0 Å². The van der Waals surface area contributed by atoms with Crippen molar-refractivity contribution in [2.75, 3.05) is 11.9 Å². The van der Waals surface area contributed by atoms with E-state index in [2.05, 4.69) is 17.5 Å². The Morgan fingerprint density at radius 2 is 2.14 bits per heavy atom. The summed E-state index contributed by atoms with van der Waals surface area (Å²) in [7, 11) is 0. The Balaban J connectivity index is 1.73. The van der Waals surface area contributed by atoms with Crippen LogP contribution in [0.4, 0.5) is 11.4 Å². The number of nitrogens with one attached hydrogen (secondary N) is 1. The third-order valence-corrected chi connectivity index (χ3v) is 5.72. The molecule has 1 heterocycles. The van der Waals surface area contributed by atoms with Gasteiger partial charge in [0.1, 0.15) is 5.02 Å².